The van der Waals surface area contributed by atoms with Gasteiger partial charge >= 0.3 is 0 Å². The van der Waals surface area contributed by atoms with Crippen LogP contribution in [-0.4, -0.2) is 47.3 Å². The number of carbonyl (C=O) groups excluding carboxylic acids is 1. The molecule has 8 heteroatoms. The average molecular weight is 452 g/mol. The molecule has 2 aromatic carbocycles. The first-order valence-corrected chi connectivity index (χ1v) is 11.2. The summed E-state index contributed by atoms with van der Waals surface area (Å²) < 4.78 is 22.5. The van der Waals surface area contributed by atoms with E-state index in [0.29, 0.717) is 49.3 Å². The van der Waals surface area contributed by atoms with Crippen molar-refractivity contribution < 1.29 is 23.5 Å². The smallest absolute Gasteiger partial charge is 0.232 e. The predicted octanol–water partition coefficient (Wildman–Crippen LogP) is 4.45. The van der Waals surface area contributed by atoms with Gasteiger partial charge in [-0.1, -0.05) is 23.4 Å². The van der Waals surface area contributed by atoms with Crippen molar-refractivity contribution in [3.8, 4) is 28.6 Å². The molecular weight excluding hydrogens is 422 g/mol. The minimum absolute atomic E-state index is 0.0323. The van der Waals surface area contributed by atoms with Gasteiger partial charge in [-0.25, -0.2) is 0 Å². The van der Waals surface area contributed by atoms with Gasteiger partial charge in [0.25, 0.3) is 0 Å². The van der Waals surface area contributed by atoms with Crippen molar-refractivity contribution in [2.24, 2.45) is 0 Å². The Bertz CT molecular complexity index is 1110. The van der Waals surface area contributed by atoms with Crippen LogP contribution in [0.5, 0.6) is 17.2 Å². The van der Waals surface area contributed by atoms with Crippen molar-refractivity contribution in [1.82, 2.24) is 15.0 Å². The second-order valence-electron chi connectivity index (χ2n) is 8.20. The van der Waals surface area contributed by atoms with Crippen molar-refractivity contribution in [2.45, 2.75) is 45.8 Å². The fraction of sp³-hybridized carbons (Fsp3) is 0.400. The van der Waals surface area contributed by atoms with Crippen LogP contribution >= 0.6 is 0 Å². The van der Waals surface area contributed by atoms with Crippen molar-refractivity contribution in [3.05, 3.63) is 53.9 Å². The Morgan fingerprint density at radius 2 is 1.97 bits per heavy atom. The molecule has 8 nitrogen and oxygen atoms in total. The number of hydrogen-bond donors (Lipinski definition) is 0. The first-order valence-electron chi connectivity index (χ1n) is 11.2. The Hall–Kier alpha value is -3.55. The van der Waals surface area contributed by atoms with E-state index in [1.807, 2.05) is 68.1 Å². The van der Waals surface area contributed by atoms with Gasteiger partial charge in [0.1, 0.15) is 5.75 Å². The molecular formula is C25H29N3O5. The fourth-order valence-electron chi connectivity index (χ4n) is 3.90. The Morgan fingerprint density at radius 1 is 1.15 bits per heavy atom. The van der Waals surface area contributed by atoms with E-state index in [0.717, 1.165) is 16.9 Å². The zero-order valence-corrected chi connectivity index (χ0v) is 19.4. The number of nitrogens with zero attached hydrogens (tertiary/aromatic N) is 3. The maximum absolute atomic E-state index is 12.7. The molecule has 0 saturated carbocycles. The van der Waals surface area contributed by atoms with Crippen LogP contribution in [0.15, 0.2) is 47.0 Å². The lowest BCUT2D eigenvalue weighted by Gasteiger charge is -2.18. The van der Waals surface area contributed by atoms with Gasteiger partial charge in [-0.05, 0) is 45.0 Å². The van der Waals surface area contributed by atoms with Crippen molar-refractivity contribution in [1.29, 1.82) is 0 Å². The number of aromatic nitrogens is 2. The molecule has 1 amide bonds. The molecule has 1 saturated heterocycles. The van der Waals surface area contributed by atoms with Crippen LogP contribution in [0.4, 0.5) is 0 Å². The molecule has 1 fully saturated rings. The van der Waals surface area contributed by atoms with Crippen LogP contribution < -0.4 is 14.2 Å². The largest absolute Gasteiger partial charge is 0.494 e. The van der Waals surface area contributed by atoms with E-state index in [-0.39, 0.29) is 17.9 Å². The van der Waals surface area contributed by atoms with Gasteiger partial charge in [-0.2, -0.15) is 4.98 Å². The lowest BCUT2D eigenvalue weighted by molar-refractivity contribution is -0.128. The zero-order chi connectivity index (χ0) is 23.4. The van der Waals surface area contributed by atoms with Crippen LogP contribution in [-0.2, 0) is 11.3 Å². The molecule has 4 rings (SSSR count). The number of benzene rings is 2. The summed E-state index contributed by atoms with van der Waals surface area (Å²) in [4.78, 5) is 19.1. The predicted molar refractivity (Wildman–Crippen MR) is 122 cm³/mol. The number of para-hydroxylation sites is 1. The highest BCUT2D eigenvalue weighted by Gasteiger charge is 2.34. The average Bonchev–Trinajstić information content (AvgIpc) is 3.42. The molecule has 3 aromatic rings. The summed E-state index contributed by atoms with van der Waals surface area (Å²) in [6, 6.07) is 13.3. The second-order valence-corrected chi connectivity index (χ2v) is 8.20. The second kappa shape index (κ2) is 9.94. The number of carbonyl (C=O) groups is 1. The molecule has 2 heterocycles. The van der Waals surface area contributed by atoms with Crippen LogP contribution in [0.1, 0.15) is 44.6 Å². The maximum Gasteiger partial charge on any atom is 0.232 e. The first kappa shape index (κ1) is 22.6. The van der Waals surface area contributed by atoms with Gasteiger partial charge in [0, 0.05) is 30.6 Å². The Kier molecular flexibility index (Phi) is 6.82. The van der Waals surface area contributed by atoms with Crippen LogP contribution in [0.3, 0.4) is 0 Å². The lowest BCUT2D eigenvalue weighted by atomic mass is 10.1. The summed E-state index contributed by atoms with van der Waals surface area (Å²) >= 11 is 0. The first-order chi connectivity index (χ1) is 16.0. The fourth-order valence-corrected chi connectivity index (χ4v) is 3.90. The van der Waals surface area contributed by atoms with E-state index in [1.54, 1.807) is 7.11 Å². The van der Waals surface area contributed by atoms with Crippen LogP contribution in [0.25, 0.3) is 11.4 Å². The summed E-state index contributed by atoms with van der Waals surface area (Å²) in [6.07, 6.45) is 0.369. The van der Waals surface area contributed by atoms with Gasteiger partial charge in [-0.15, -0.1) is 0 Å². The highest BCUT2D eigenvalue weighted by atomic mass is 16.5. The van der Waals surface area contributed by atoms with E-state index in [2.05, 4.69) is 10.1 Å². The van der Waals surface area contributed by atoms with Crippen molar-refractivity contribution in [2.75, 3.05) is 20.3 Å². The topological polar surface area (TPSA) is 86.9 Å². The third kappa shape index (κ3) is 5.10. The normalized spacial score (nSPS) is 15.8. The number of ether oxygens (including phenoxy) is 3. The molecule has 1 unspecified atom stereocenters. The summed E-state index contributed by atoms with van der Waals surface area (Å²) in [6.45, 7) is 7.45. The number of methoxy groups -OCH3 is 1. The van der Waals surface area contributed by atoms with Gasteiger partial charge in [0.2, 0.25) is 17.6 Å². The molecule has 0 aliphatic carbocycles. The Morgan fingerprint density at radius 3 is 2.73 bits per heavy atom. The highest BCUT2D eigenvalue weighted by molar-refractivity contribution is 5.79. The van der Waals surface area contributed by atoms with E-state index < -0.39 is 0 Å². The quantitative estimate of drug-likeness (QED) is 0.475. The third-order valence-corrected chi connectivity index (χ3v) is 5.42. The zero-order valence-electron chi connectivity index (χ0n) is 19.4. The highest BCUT2D eigenvalue weighted by Crippen LogP contribution is 2.34. The summed E-state index contributed by atoms with van der Waals surface area (Å²) in [5.74, 6) is 2.88. The third-order valence-electron chi connectivity index (χ3n) is 5.42. The molecule has 1 aliphatic heterocycles. The molecule has 0 radical (unpaired) electrons. The van der Waals surface area contributed by atoms with E-state index in [1.165, 1.54) is 0 Å². The molecule has 1 aromatic heterocycles. The van der Waals surface area contributed by atoms with Crippen molar-refractivity contribution in [3.63, 3.8) is 0 Å². The molecule has 1 aliphatic rings. The number of likely N-dealkylation sites (tertiary alicyclic amines) is 1. The van der Waals surface area contributed by atoms with Gasteiger partial charge in [-0.3, -0.25) is 4.79 Å². The van der Waals surface area contributed by atoms with Crippen molar-refractivity contribution >= 4 is 5.91 Å². The van der Waals surface area contributed by atoms with E-state index >= 15 is 0 Å². The minimum atomic E-state index is -0.150. The summed E-state index contributed by atoms with van der Waals surface area (Å²) in [5.41, 5.74) is 1.74. The SMILES string of the molecule is CCOc1ccccc1CN1CC(c2nc(-c3ccc(OC(C)C)c(OC)c3)no2)CC1=O. The maximum atomic E-state index is 12.7. The molecule has 1 atom stereocenters. The van der Waals surface area contributed by atoms with E-state index in [9.17, 15) is 4.79 Å². The van der Waals surface area contributed by atoms with Gasteiger partial charge in [0.05, 0.1) is 25.7 Å². The minimum Gasteiger partial charge on any atom is -0.494 e. The Labute approximate surface area is 193 Å². The van der Waals surface area contributed by atoms with Gasteiger partial charge in [0.15, 0.2) is 11.5 Å². The molecule has 0 spiro atoms. The van der Waals surface area contributed by atoms with Gasteiger partial charge < -0.3 is 23.6 Å². The Balaban J connectivity index is 1.48. The molecule has 0 bridgehead atoms. The number of rotatable bonds is 9. The number of hydrogen-bond acceptors (Lipinski definition) is 7. The van der Waals surface area contributed by atoms with Crippen LogP contribution in [0, 0.1) is 0 Å². The lowest BCUT2D eigenvalue weighted by Crippen LogP contribution is -2.24. The van der Waals surface area contributed by atoms with E-state index in [4.69, 9.17) is 18.7 Å². The monoisotopic (exact) mass is 451 g/mol. The molecule has 0 N–H and O–H groups in total. The molecule has 33 heavy (non-hydrogen) atoms. The molecule has 174 valence electrons. The summed E-state index contributed by atoms with van der Waals surface area (Å²) in [5, 5.41) is 4.14. The standard InChI is InChI=1S/C25H29N3O5/c1-5-31-20-9-7-6-8-18(20)14-28-15-19(13-23(28)29)25-26-24(27-33-25)17-10-11-21(32-16(2)3)22(12-17)30-4/h6-12,16,19H,5,13-15H2,1-4H3. The van der Waals surface area contributed by atoms with Crippen LogP contribution in [0.2, 0.25) is 0 Å². The number of amides is 1. The summed E-state index contributed by atoms with van der Waals surface area (Å²) in [7, 11) is 1.59.